The van der Waals surface area contributed by atoms with Crippen molar-refractivity contribution in [2.24, 2.45) is 5.92 Å². The fourth-order valence-corrected chi connectivity index (χ4v) is 4.00. The Labute approximate surface area is 200 Å². The highest BCUT2D eigenvalue weighted by Gasteiger charge is 2.20. The van der Waals surface area contributed by atoms with E-state index in [4.69, 9.17) is 9.97 Å². The van der Waals surface area contributed by atoms with Crippen molar-refractivity contribution in [3.8, 4) is 11.3 Å². The van der Waals surface area contributed by atoms with Crippen LogP contribution in [0.3, 0.4) is 0 Å². The average Bonchev–Trinajstić information content (AvgIpc) is 3.27. The summed E-state index contributed by atoms with van der Waals surface area (Å²) in [5.74, 6) is 1.84. The van der Waals surface area contributed by atoms with Crippen LogP contribution >= 0.6 is 0 Å². The molecule has 0 amide bonds. The van der Waals surface area contributed by atoms with Gasteiger partial charge in [-0.15, -0.1) is 0 Å². The van der Waals surface area contributed by atoms with Gasteiger partial charge in [0.2, 0.25) is 11.9 Å². The molecule has 1 aromatic carbocycles. The van der Waals surface area contributed by atoms with Crippen LogP contribution in [0.2, 0.25) is 0 Å². The molecule has 0 aliphatic carbocycles. The zero-order chi connectivity index (χ0) is 24.2. The largest absolute Gasteiger partial charge is 0.394 e. The first-order valence-corrected chi connectivity index (χ1v) is 11.8. The molecule has 8 nitrogen and oxygen atoms in total. The summed E-state index contributed by atoms with van der Waals surface area (Å²) in [6, 6.07) is 14.0. The predicted octanol–water partition coefficient (Wildman–Crippen LogP) is 4.90. The van der Waals surface area contributed by atoms with Gasteiger partial charge in [-0.05, 0) is 42.5 Å². The second-order valence-corrected chi connectivity index (χ2v) is 9.31. The lowest BCUT2D eigenvalue weighted by atomic mass is 10.0. The molecule has 34 heavy (non-hydrogen) atoms. The molecule has 2 N–H and O–H groups in total. The Morgan fingerprint density at radius 3 is 2.41 bits per heavy atom. The summed E-state index contributed by atoms with van der Waals surface area (Å²) >= 11 is 0. The SMILES string of the molecule is CC(C)C[C@H](CO)Nc1nc(N(C)c2ccc(-c3ccccn3)cc2)n2ncc(C(C)C)c2n1. The van der Waals surface area contributed by atoms with Crippen LogP contribution in [0.1, 0.15) is 45.6 Å². The number of aliphatic hydroxyl groups is 1. The molecule has 0 spiro atoms. The Balaban J connectivity index is 1.72. The van der Waals surface area contributed by atoms with Crippen LogP contribution in [0.4, 0.5) is 17.6 Å². The maximum atomic E-state index is 9.88. The average molecular weight is 460 g/mol. The summed E-state index contributed by atoms with van der Waals surface area (Å²) in [6.07, 6.45) is 4.48. The second kappa shape index (κ2) is 10.2. The van der Waals surface area contributed by atoms with Gasteiger partial charge >= 0.3 is 0 Å². The summed E-state index contributed by atoms with van der Waals surface area (Å²) < 4.78 is 1.78. The van der Waals surface area contributed by atoms with Gasteiger partial charge in [0.1, 0.15) is 0 Å². The highest BCUT2D eigenvalue weighted by molar-refractivity contribution is 5.67. The number of hydrogen-bond donors (Lipinski definition) is 2. The summed E-state index contributed by atoms with van der Waals surface area (Å²) in [7, 11) is 1.97. The minimum absolute atomic E-state index is 0.0170. The van der Waals surface area contributed by atoms with E-state index in [9.17, 15) is 5.11 Å². The van der Waals surface area contributed by atoms with Gasteiger partial charge in [0, 0.05) is 30.1 Å². The quantitative estimate of drug-likeness (QED) is 0.368. The van der Waals surface area contributed by atoms with Crippen molar-refractivity contribution in [1.82, 2.24) is 24.6 Å². The third kappa shape index (κ3) is 5.02. The predicted molar refractivity (Wildman–Crippen MR) is 137 cm³/mol. The van der Waals surface area contributed by atoms with E-state index in [1.165, 1.54) is 0 Å². The molecule has 4 aromatic rings. The number of aliphatic hydroxyl groups excluding tert-OH is 1. The number of hydrogen-bond acceptors (Lipinski definition) is 7. The smallest absolute Gasteiger partial charge is 0.236 e. The lowest BCUT2D eigenvalue weighted by molar-refractivity contribution is 0.259. The van der Waals surface area contributed by atoms with Crippen molar-refractivity contribution in [1.29, 1.82) is 0 Å². The Hall–Kier alpha value is -3.52. The second-order valence-electron chi connectivity index (χ2n) is 9.31. The van der Waals surface area contributed by atoms with Crippen molar-refractivity contribution in [2.75, 3.05) is 23.9 Å². The molecule has 0 aliphatic rings. The molecule has 0 radical (unpaired) electrons. The number of anilines is 3. The van der Waals surface area contributed by atoms with Crippen LogP contribution in [0.15, 0.2) is 54.9 Å². The van der Waals surface area contributed by atoms with E-state index in [0.717, 1.165) is 34.6 Å². The van der Waals surface area contributed by atoms with Gasteiger partial charge in [0.25, 0.3) is 0 Å². The third-order valence-corrected chi connectivity index (χ3v) is 5.83. The Morgan fingerprint density at radius 2 is 1.79 bits per heavy atom. The number of rotatable bonds is 9. The fourth-order valence-electron chi connectivity index (χ4n) is 4.00. The first-order valence-electron chi connectivity index (χ1n) is 11.8. The first-order chi connectivity index (χ1) is 16.4. The normalized spacial score (nSPS) is 12.5. The summed E-state index contributed by atoms with van der Waals surface area (Å²) in [4.78, 5) is 16.0. The van der Waals surface area contributed by atoms with Crippen LogP contribution in [0, 0.1) is 5.92 Å². The van der Waals surface area contributed by atoms with Crippen molar-refractivity contribution >= 4 is 23.2 Å². The molecule has 3 aromatic heterocycles. The maximum absolute atomic E-state index is 9.88. The topological polar surface area (TPSA) is 91.5 Å². The molecule has 0 fully saturated rings. The maximum Gasteiger partial charge on any atom is 0.236 e. The molecular formula is C26H33N7O. The Kier molecular flexibility index (Phi) is 7.07. The van der Waals surface area contributed by atoms with Crippen molar-refractivity contribution in [3.63, 3.8) is 0 Å². The third-order valence-electron chi connectivity index (χ3n) is 5.83. The lowest BCUT2D eigenvalue weighted by Gasteiger charge is -2.22. The van der Waals surface area contributed by atoms with Gasteiger partial charge in [0.05, 0.1) is 24.5 Å². The standard InChI is InChI=1S/C26H33N7O/c1-17(2)14-20(16-34)29-25-30-24-22(18(3)4)15-28-33(24)26(31-25)32(5)21-11-9-19(10-12-21)23-8-6-7-13-27-23/h6-13,15,17-18,20,34H,14,16H2,1-5H3,(H,29,30)/t20-/m1/s1. The van der Waals surface area contributed by atoms with Crippen LogP contribution in [-0.2, 0) is 0 Å². The zero-order valence-corrected chi connectivity index (χ0v) is 20.5. The van der Waals surface area contributed by atoms with Crippen LogP contribution < -0.4 is 10.2 Å². The molecule has 8 heteroatoms. The monoisotopic (exact) mass is 459 g/mol. The van der Waals surface area contributed by atoms with Crippen molar-refractivity contribution < 1.29 is 5.11 Å². The fraction of sp³-hybridized carbons (Fsp3) is 0.385. The van der Waals surface area contributed by atoms with E-state index >= 15 is 0 Å². The molecule has 0 bridgehead atoms. The van der Waals surface area contributed by atoms with Crippen LogP contribution in [0.5, 0.6) is 0 Å². The minimum atomic E-state index is -0.122. The summed E-state index contributed by atoms with van der Waals surface area (Å²) in [6.45, 7) is 8.54. The van der Waals surface area contributed by atoms with Gasteiger partial charge in [-0.25, -0.2) is 0 Å². The summed E-state index contributed by atoms with van der Waals surface area (Å²) in [5, 5.41) is 17.8. The van der Waals surface area contributed by atoms with Gasteiger partial charge in [0.15, 0.2) is 5.65 Å². The number of nitrogens with zero attached hydrogens (tertiary/aromatic N) is 6. The molecule has 0 unspecified atom stereocenters. The van der Waals surface area contributed by atoms with Gasteiger partial charge in [-0.2, -0.15) is 19.6 Å². The van der Waals surface area contributed by atoms with Crippen LogP contribution in [-0.4, -0.2) is 49.4 Å². The van der Waals surface area contributed by atoms with E-state index in [1.807, 2.05) is 48.5 Å². The van der Waals surface area contributed by atoms with Gasteiger partial charge < -0.3 is 15.3 Å². The van der Waals surface area contributed by atoms with E-state index < -0.39 is 0 Å². The minimum Gasteiger partial charge on any atom is -0.394 e. The van der Waals surface area contributed by atoms with E-state index in [-0.39, 0.29) is 18.6 Å². The zero-order valence-electron chi connectivity index (χ0n) is 20.5. The molecule has 178 valence electrons. The van der Waals surface area contributed by atoms with E-state index in [1.54, 1.807) is 10.7 Å². The molecule has 0 saturated carbocycles. The first kappa shape index (κ1) is 23.6. The van der Waals surface area contributed by atoms with Gasteiger partial charge in [-0.3, -0.25) is 4.98 Å². The molecule has 3 heterocycles. The number of nitrogens with one attached hydrogen (secondary N) is 1. The lowest BCUT2D eigenvalue weighted by Crippen LogP contribution is -2.27. The van der Waals surface area contributed by atoms with E-state index in [2.05, 4.69) is 55.2 Å². The number of pyridine rings is 1. The van der Waals surface area contributed by atoms with Crippen molar-refractivity contribution in [3.05, 3.63) is 60.4 Å². The number of aromatic nitrogens is 5. The van der Waals surface area contributed by atoms with Crippen LogP contribution in [0.25, 0.3) is 16.9 Å². The van der Waals surface area contributed by atoms with Crippen molar-refractivity contribution in [2.45, 2.75) is 46.1 Å². The van der Waals surface area contributed by atoms with E-state index in [0.29, 0.717) is 17.8 Å². The molecule has 1 atom stereocenters. The highest BCUT2D eigenvalue weighted by Crippen LogP contribution is 2.29. The number of fused-ring (bicyclic) bond motifs is 1. The Morgan fingerprint density at radius 1 is 1.03 bits per heavy atom. The molecular weight excluding hydrogens is 426 g/mol. The Bertz CT molecular complexity index is 1220. The molecule has 0 saturated heterocycles. The molecule has 4 rings (SSSR count). The number of benzene rings is 1. The highest BCUT2D eigenvalue weighted by atomic mass is 16.3. The van der Waals surface area contributed by atoms with Gasteiger partial charge in [-0.1, -0.05) is 45.9 Å². The summed E-state index contributed by atoms with van der Waals surface area (Å²) in [5.41, 5.74) is 4.76. The molecule has 0 aliphatic heterocycles.